The number of carboxylic acid groups (broad SMARTS) is 1. The predicted octanol–water partition coefficient (Wildman–Crippen LogP) is 5.47. The normalized spacial score (nSPS) is 14.7. The molecule has 4 aromatic carbocycles. The number of rotatable bonds is 9. The van der Waals surface area contributed by atoms with Crippen molar-refractivity contribution in [3.8, 4) is 22.6 Å². The third-order valence-electron chi connectivity index (χ3n) is 6.72. The van der Waals surface area contributed by atoms with Gasteiger partial charge in [-0.25, -0.2) is 13.2 Å². The Balaban J connectivity index is 0.00000405. The van der Waals surface area contributed by atoms with E-state index in [1.165, 1.54) is 6.07 Å². The molecule has 0 amide bonds. The molecule has 0 saturated carbocycles. The van der Waals surface area contributed by atoms with Crippen molar-refractivity contribution in [3.05, 3.63) is 108 Å². The lowest BCUT2D eigenvalue weighted by Gasteiger charge is -2.22. The Labute approximate surface area is 245 Å². The molecule has 0 aromatic heterocycles. The summed E-state index contributed by atoms with van der Waals surface area (Å²) in [5.41, 5.74) is 3.49. The van der Waals surface area contributed by atoms with E-state index >= 15 is 0 Å². The number of ether oxygens (including phenoxy) is 2. The molecule has 1 heterocycles. The molecule has 0 saturated heterocycles. The molecule has 220 valence electrons. The number of fused-ring (bicyclic) bond motifs is 4. The van der Waals surface area contributed by atoms with Crippen LogP contribution < -0.4 is 19.5 Å². The van der Waals surface area contributed by atoms with Gasteiger partial charge in [0.05, 0.1) is 22.3 Å². The van der Waals surface area contributed by atoms with E-state index in [2.05, 4.69) is 10.0 Å². The maximum Gasteiger partial charge on any atom is 0.335 e. The molecule has 2 atom stereocenters. The van der Waals surface area contributed by atoms with Gasteiger partial charge >= 0.3 is 5.97 Å². The average molecular weight is 591 g/mol. The van der Waals surface area contributed by atoms with Crippen LogP contribution in [0.2, 0.25) is 0 Å². The molecule has 4 aromatic rings. The predicted molar refractivity (Wildman–Crippen MR) is 162 cm³/mol. The molecule has 2 unspecified atom stereocenters. The largest absolute Gasteiger partial charge is 0.492 e. The third kappa shape index (κ3) is 7.27. The fourth-order valence-corrected chi connectivity index (χ4v) is 5.58. The molecule has 0 fully saturated rings. The van der Waals surface area contributed by atoms with Crippen LogP contribution in [0.15, 0.2) is 95.9 Å². The summed E-state index contributed by atoms with van der Waals surface area (Å²) >= 11 is 0. The fourth-order valence-electron chi connectivity index (χ4n) is 4.43. The van der Waals surface area contributed by atoms with Crippen molar-refractivity contribution >= 4 is 21.7 Å². The second-order valence-corrected chi connectivity index (χ2v) is 11.5. The van der Waals surface area contributed by atoms with Crippen LogP contribution in [0.25, 0.3) is 11.1 Å². The van der Waals surface area contributed by atoms with Gasteiger partial charge in [0.25, 0.3) is 10.0 Å². The smallest absolute Gasteiger partial charge is 0.335 e. The minimum atomic E-state index is -3.85. The van der Waals surface area contributed by atoms with Gasteiger partial charge in [-0.1, -0.05) is 49.9 Å². The second-order valence-electron chi connectivity index (χ2n) is 9.83. The first kappa shape index (κ1) is 30.6. The molecule has 42 heavy (non-hydrogen) atoms. The highest BCUT2D eigenvalue weighted by Crippen LogP contribution is 2.31. The number of carboxylic acids is 1. The Morgan fingerprint density at radius 3 is 2.38 bits per heavy atom. The van der Waals surface area contributed by atoms with Crippen LogP contribution in [0.4, 0.5) is 5.69 Å². The van der Waals surface area contributed by atoms with E-state index in [0.717, 1.165) is 16.7 Å². The van der Waals surface area contributed by atoms with E-state index in [1.807, 2.05) is 31.2 Å². The fraction of sp³-hybridized carbons (Fsp3) is 0.219. The molecule has 0 aliphatic carbocycles. The topological polar surface area (TPSA) is 134 Å². The van der Waals surface area contributed by atoms with Crippen LogP contribution in [0.5, 0.6) is 11.5 Å². The molecule has 0 spiro atoms. The Morgan fingerprint density at radius 1 is 1.00 bits per heavy atom. The van der Waals surface area contributed by atoms with E-state index in [4.69, 9.17) is 14.6 Å². The van der Waals surface area contributed by atoms with Crippen molar-refractivity contribution in [2.45, 2.75) is 38.0 Å². The zero-order valence-corrected chi connectivity index (χ0v) is 23.1. The average Bonchev–Trinajstić information content (AvgIpc) is 2.98. The quantitative estimate of drug-likeness (QED) is 0.202. The van der Waals surface area contributed by atoms with E-state index in [0.29, 0.717) is 23.7 Å². The summed E-state index contributed by atoms with van der Waals surface area (Å²) in [4.78, 5) is 11.2. The highest BCUT2D eigenvalue weighted by molar-refractivity contribution is 7.92. The molecule has 5 rings (SSSR count). The molecule has 4 bridgehead atoms. The first-order chi connectivity index (χ1) is 19.7. The van der Waals surface area contributed by atoms with Gasteiger partial charge in [-0.2, -0.15) is 0 Å². The molecule has 0 radical (unpaired) electrons. The molecule has 1 aliphatic rings. The van der Waals surface area contributed by atoms with Gasteiger partial charge in [-0.3, -0.25) is 4.72 Å². The highest BCUT2D eigenvalue weighted by atomic mass is 32.2. The van der Waals surface area contributed by atoms with Gasteiger partial charge in [0, 0.05) is 24.2 Å². The molecular formula is C32H34N2O7S. The zero-order chi connectivity index (χ0) is 29.0. The summed E-state index contributed by atoms with van der Waals surface area (Å²) in [5, 5.41) is 23.2. The number of anilines is 1. The number of benzene rings is 4. The Hall–Kier alpha value is -4.38. The monoisotopic (exact) mass is 590 g/mol. The van der Waals surface area contributed by atoms with Crippen LogP contribution in [0.3, 0.4) is 0 Å². The number of sulfonamides is 1. The van der Waals surface area contributed by atoms with Crippen molar-refractivity contribution in [2.75, 3.05) is 17.9 Å². The molecule has 9 nitrogen and oxygen atoms in total. The van der Waals surface area contributed by atoms with E-state index in [9.17, 15) is 18.3 Å². The number of carbonyl (C=O) groups is 1. The number of nitrogens with one attached hydrogen (secondary N) is 2. The third-order valence-corrected chi connectivity index (χ3v) is 8.08. The lowest BCUT2D eigenvalue weighted by molar-refractivity contribution is 0.0697. The van der Waals surface area contributed by atoms with Gasteiger partial charge in [-0.15, -0.1) is 0 Å². The van der Waals surface area contributed by atoms with Crippen molar-refractivity contribution in [1.82, 2.24) is 5.32 Å². The van der Waals surface area contributed by atoms with Crippen LogP contribution in [-0.4, -0.2) is 43.8 Å². The number of hydrogen-bond donors (Lipinski definition) is 4. The van der Waals surface area contributed by atoms with E-state index in [1.54, 1.807) is 60.7 Å². The van der Waals surface area contributed by atoms with Gasteiger partial charge in [0.2, 0.25) is 0 Å². The molecule has 1 aliphatic heterocycles. The van der Waals surface area contributed by atoms with E-state index < -0.39 is 22.1 Å². The number of aliphatic hydroxyl groups excluding tert-OH is 1. The van der Waals surface area contributed by atoms with Crippen LogP contribution >= 0.6 is 0 Å². The van der Waals surface area contributed by atoms with Crippen LogP contribution in [0, 0.1) is 0 Å². The summed E-state index contributed by atoms with van der Waals surface area (Å²) in [7, 11) is -3.85. The first-order valence-corrected chi connectivity index (χ1v) is 14.5. The van der Waals surface area contributed by atoms with Gasteiger partial charge in [0.1, 0.15) is 24.7 Å². The Morgan fingerprint density at radius 2 is 1.69 bits per heavy atom. The van der Waals surface area contributed by atoms with Gasteiger partial charge in [-0.05, 0) is 66.1 Å². The minimum absolute atomic E-state index is 0. The maximum absolute atomic E-state index is 13.0. The summed E-state index contributed by atoms with van der Waals surface area (Å²) in [5.74, 6) is 0.196. The lowest BCUT2D eigenvalue weighted by Crippen LogP contribution is -2.35. The first-order valence-electron chi connectivity index (χ1n) is 13.0. The van der Waals surface area contributed by atoms with Crippen molar-refractivity contribution in [3.63, 3.8) is 0 Å². The van der Waals surface area contributed by atoms with Crippen molar-refractivity contribution in [2.24, 2.45) is 0 Å². The number of aliphatic hydroxyl groups is 1. The molecule has 4 N–H and O–H groups in total. The molecular weight excluding hydrogens is 556 g/mol. The minimum Gasteiger partial charge on any atom is -0.492 e. The van der Waals surface area contributed by atoms with Crippen molar-refractivity contribution in [1.29, 1.82) is 0 Å². The zero-order valence-electron chi connectivity index (χ0n) is 22.3. The highest BCUT2D eigenvalue weighted by Gasteiger charge is 2.22. The SMILES string of the molecule is C.CC(COc1ccc(-c2ccc(C(=O)O)cc2)cc1)NCC(O)c1ccc2cc1NS(=O)(=O)c1cccc(c1)CO2. The number of hydrogen-bond acceptors (Lipinski definition) is 7. The van der Waals surface area contributed by atoms with Crippen molar-refractivity contribution < 1.29 is 32.9 Å². The Bertz CT molecular complexity index is 1640. The summed E-state index contributed by atoms with van der Waals surface area (Å²) in [6, 6.07) is 25.5. The summed E-state index contributed by atoms with van der Waals surface area (Å²) in [6.07, 6.45) is -0.995. The summed E-state index contributed by atoms with van der Waals surface area (Å²) in [6.45, 7) is 2.65. The van der Waals surface area contributed by atoms with E-state index in [-0.39, 0.29) is 42.8 Å². The van der Waals surface area contributed by atoms with Gasteiger partial charge < -0.3 is 25.0 Å². The van der Waals surface area contributed by atoms with Crippen LogP contribution in [0.1, 0.15) is 41.9 Å². The maximum atomic E-state index is 13.0. The standard InChI is InChI=1S/C31H30N2O7S.CH4/c1-20(18-39-25-11-9-23(10-12-25)22-5-7-24(8-6-22)31(35)36)32-17-30(34)28-14-13-26-16-29(28)33-41(37,38)27-4-2-3-21(15-27)19-40-26;/h2-16,20,30,32-34H,17-19H2,1H3,(H,35,36);1H4. The second kappa shape index (κ2) is 13.1. The molecule has 10 heteroatoms. The Kier molecular flexibility index (Phi) is 9.52. The van der Waals surface area contributed by atoms with Crippen LogP contribution in [-0.2, 0) is 16.6 Å². The summed E-state index contributed by atoms with van der Waals surface area (Å²) < 4.78 is 40.3. The lowest BCUT2D eigenvalue weighted by atomic mass is 10.0. The van der Waals surface area contributed by atoms with Gasteiger partial charge in [0.15, 0.2) is 0 Å². The number of aromatic carboxylic acids is 1.